The van der Waals surface area contributed by atoms with Gasteiger partial charge in [0.2, 0.25) is 5.91 Å². The van der Waals surface area contributed by atoms with Crippen molar-refractivity contribution in [2.24, 2.45) is 11.8 Å². The van der Waals surface area contributed by atoms with Gasteiger partial charge in [-0.1, -0.05) is 0 Å². The van der Waals surface area contributed by atoms with Gasteiger partial charge in [0.1, 0.15) is 0 Å². The fourth-order valence-corrected chi connectivity index (χ4v) is 2.18. The van der Waals surface area contributed by atoms with Gasteiger partial charge in [-0.2, -0.15) is 0 Å². The van der Waals surface area contributed by atoms with Crippen LogP contribution >= 0.6 is 0 Å². The van der Waals surface area contributed by atoms with Crippen LogP contribution in [-0.2, 0) is 9.59 Å². The normalized spacial score (nSPS) is 25.8. The van der Waals surface area contributed by atoms with E-state index >= 15 is 0 Å². The van der Waals surface area contributed by atoms with Crippen LogP contribution in [0.2, 0.25) is 0 Å². The quantitative estimate of drug-likeness (QED) is 0.768. The fraction of sp³-hybridized carbons (Fsp3) is 0.846. The number of carboxylic acids is 1. The molecule has 18 heavy (non-hydrogen) atoms. The van der Waals surface area contributed by atoms with Crippen molar-refractivity contribution < 1.29 is 14.7 Å². The summed E-state index contributed by atoms with van der Waals surface area (Å²) in [6.07, 6.45) is 2.63. The lowest BCUT2D eigenvalue weighted by Crippen LogP contribution is -2.41. The standard InChI is InChI=1S/C13H24N2O3/c1-9(15(2)3)8-14-12(16)10-4-6-11(7-5-10)13(17)18/h9-11H,4-8H2,1-3H3,(H,14,16)(H,17,18). The first-order valence-electron chi connectivity index (χ1n) is 6.58. The van der Waals surface area contributed by atoms with E-state index in [0.717, 1.165) is 0 Å². The maximum atomic E-state index is 11.9. The molecule has 1 aliphatic carbocycles. The van der Waals surface area contributed by atoms with Gasteiger partial charge >= 0.3 is 5.97 Å². The second kappa shape index (κ2) is 6.73. The Kier molecular flexibility index (Phi) is 5.59. The highest BCUT2D eigenvalue weighted by atomic mass is 16.4. The van der Waals surface area contributed by atoms with E-state index in [9.17, 15) is 9.59 Å². The number of aliphatic carboxylic acids is 1. The molecule has 0 aliphatic heterocycles. The first kappa shape index (κ1) is 15.0. The Morgan fingerprint density at radius 2 is 1.72 bits per heavy atom. The topological polar surface area (TPSA) is 69.6 Å². The zero-order valence-electron chi connectivity index (χ0n) is 11.5. The van der Waals surface area contributed by atoms with E-state index in [2.05, 4.69) is 17.1 Å². The van der Waals surface area contributed by atoms with Crippen LogP contribution in [0.25, 0.3) is 0 Å². The molecule has 0 radical (unpaired) electrons. The van der Waals surface area contributed by atoms with E-state index in [0.29, 0.717) is 38.3 Å². The van der Waals surface area contributed by atoms with E-state index < -0.39 is 5.97 Å². The third kappa shape index (κ3) is 4.29. The number of hydrogen-bond donors (Lipinski definition) is 2. The van der Waals surface area contributed by atoms with Crippen molar-refractivity contribution in [3.05, 3.63) is 0 Å². The van der Waals surface area contributed by atoms with Gasteiger partial charge in [-0.25, -0.2) is 0 Å². The maximum Gasteiger partial charge on any atom is 0.306 e. The number of amides is 1. The molecule has 1 atom stereocenters. The Balaban J connectivity index is 2.30. The molecule has 5 nitrogen and oxygen atoms in total. The Morgan fingerprint density at radius 3 is 2.17 bits per heavy atom. The summed E-state index contributed by atoms with van der Waals surface area (Å²) in [5, 5.41) is 11.8. The second-order valence-corrected chi connectivity index (χ2v) is 5.44. The van der Waals surface area contributed by atoms with E-state index in [1.54, 1.807) is 0 Å². The Morgan fingerprint density at radius 1 is 1.22 bits per heavy atom. The van der Waals surface area contributed by atoms with E-state index in [1.165, 1.54) is 0 Å². The minimum atomic E-state index is -0.727. The summed E-state index contributed by atoms with van der Waals surface area (Å²) in [6.45, 7) is 2.70. The average molecular weight is 256 g/mol. The van der Waals surface area contributed by atoms with Gasteiger partial charge in [-0.05, 0) is 46.7 Å². The molecule has 0 bridgehead atoms. The van der Waals surface area contributed by atoms with Crippen LogP contribution < -0.4 is 5.32 Å². The first-order chi connectivity index (χ1) is 8.41. The summed E-state index contributed by atoms with van der Waals surface area (Å²) in [7, 11) is 3.96. The Bertz CT molecular complexity index is 297. The van der Waals surface area contributed by atoms with Crippen LogP contribution in [-0.4, -0.2) is 48.6 Å². The highest BCUT2D eigenvalue weighted by molar-refractivity contribution is 5.79. The SMILES string of the molecule is CC(CNC(=O)C1CCC(C(=O)O)CC1)N(C)C. The first-order valence-corrected chi connectivity index (χ1v) is 6.58. The largest absolute Gasteiger partial charge is 0.481 e. The smallest absolute Gasteiger partial charge is 0.306 e. The van der Waals surface area contributed by atoms with Crippen molar-refractivity contribution in [1.29, 1.82) is 0 Å². The van der Waals surface area contributed by atoms with Crippen molar-refractivity contribution >= 4 is 11.9 Å². The van der Waals surface area contributed by atoms with Crippen molar-refractivity contribution in [1.82, 2.24) is 10.2 Å². The molecule has 1 rings (SSSR count). The lowest BCUT2D eigenvalue weighted by Gasteiger charge is -2.26. The van der Waals surface area contributed by atoms with Gasteiger partial charge in [-0.3, -0.25) is 9.59 Å². The van der Waals surface area contributed by atoms with E-state index in [-0.39, 0.29) is 17.7 Å². The minimum Gasteiger partial charge on any atom is -0.481 e. The van der Waals surface area contributed by atoms with Crippen LogP contribution in [0.5, 0.6) is 0 Å². The summed E-state index contributed by atoms with van der Waals surface area (Å²) in [6, 6.07) is 0.310. The number of rotatable bonds is 5. The molecule has 0 aromatic carbocycles. The molecule has 1 saturated carbocycles. The van der Waals surface area contributed by atoms with Crippen LogP contribution in [0.3, 0.4) is 0 Å². The number of carboxylic acid groups (broad SMARTS) is 1. The molecular weight excluding hydrogens is 232 g/mol. The highest BCUT2D eigenvalue weighted by Gasteiger charge is 2.29. The Hall–Kier alpha value is -1.10. The molecular formula is C13H24N2O3. The molecule has 0 heterocycles. The van der Waals surface area contributed by atoms with Gasteiger partial charge in [0.15, 0.2) is 0 Å². The van der Waals surface area contributed by atoms with Gasteiger partial charge in [0.25, 0.3) is 0 Å². The van der Waals surface area contributed by atoms with Crippen molar-refractivity contribution in [3.8, 4) is 0 Å². The predicted octanol–water partition coefficient (Wildman–Crippen LogP) is 0.944. The van der Waals surface area contributed by atoms with Gasteiger partial charge in [0.05, 0.1) is 5.92 Å². The lowest BCUT2D eigenvalue weighted by atomic mass is 9.81. The van der Waals surface area contributed by atoms with Crippen LogP contribution in [0, 0.1) is 11.8 Å². The van der Waals surface area contributed by atoms with Crippen molar-refractivity contribution in [2.75, 3.05) is 20.6 Å². The van der Waals surface area contributed by atoms with Gasteiger partial charge in [-0.15, -0.1) is 0 Å². The molecule has 0 saturated heterocycles. The number of likely N-dealkylation sites (N-methyl/N-ethyl adjacent to an activating group) is 1. The molecule has 2 N–H and O–H groups in total. The third-order valence-electron chi connectivity index (χ3n) is 3.90. The summed E-state index contributed by atoms with van der Waals surface area (Å²) < 4.78 is 0. The number of hydrogen-bond acceptors (Lipinski definition) is 3. The minimum absolute atomic E-state index is 0.00466. The second-order valence-electron chi connectivity index (χ2n) is 5.44. The van der Waals surface area contributed by atoms with Gasteiger partial charge < -0.3 is 15.3 Å². The van der Waals surface area contributed by atoms with Gasteiger partial charge in [0, 0.05) is 18.5 Å². The molecule has 0 spiro atoms. The summed E-state index contributed by atoms with van der Waals surface area (Å²) in [5.74, 6) is -0.910. The lowest BCUT2D eigenvalue weighted by molar-refractivity contribution is -0.144. The monoisotopic (exact) mass is 256 g/mol. The maximum absolute atomic E-state index is 11.9. The number of carbonyl (C=O) groups is 2. The number of carbonyl (C=O) groups excluding carboxylic acids is 1. The molecule has 1 amide bonds. The molecule has 1 fully saturated rings. The van der Waals surface area contributed by atoms with Crippen LogP contribution in [0.15, 0.2) is 0 Å². The number of nitrogens with zero attached hydrogens (tertiary/aromatic N) is 1. The van der Waals surface area contributed by atoms with Crippen LogP contribution in [0.1, 0.15) is 32.6 Å². The van der Waals surface area contributed by atoms with Crippen molar-refractivity contribution in [3.63, 3.8) is 0 Å². The highest BCUT2D eigenvalue weighted by Crippen LogP contribution is 2.28. The molecule has 1 aliphatic rings. The summed E-state index contributed by atoms with van der Waals surface area (Å²) in [5.41, 5.74) is 0. The van der Waals surface area contributed by atoms with Crippen molar-refractivity contribution in [2.45, 2.75) is 38.6 Å². The Labute approximate surface area is 109 Å². The molecule has 0 aromatic heterocycles. The van der Waals surface area contributed by atoms with Crippen LogP contribution in [0.4, 0.5) is 0 Å². The van der Waals surface area contributed by atoms with E-state index in [4.69, 9.17) is 5.11 Å². The molecule has 104 valence electrons. The average Bonchev–Trinajstić information content (AvgIpc) is 2.35. The molecule has 0 aromatic rings. The summed E-state index contributed by atoms with van der Waals surface area (Å²) >= 11 is 0. The molecule has 5 heteroatoms. The fourth-order valence-electron chi connectivity index (χ4n) is 2.18. The zero-order valence-corrected chi connectivity index (χ0v) is 11.5. The third-order valence-corrected chi connectivity index (χ3v) is 3.90. The zero-order chi connectivity index (χ0) is 13.7. The predicted molar refractivity (Wildman–Crippen MR) is 69.2 cm³/mol. The van der Waals surface area contributed by atoms with E-state index in [1.807, 2.05) is 14.1 Å². The molecule has 1 unspecified atom stereocenters. The number of nitrogens with one attached hydrogen (secondary N) is 1. The summed E-state index contributed by atoms with van der Waals surface area (Å²) in [4.78, 5) is 24.8.